The first-order valence-corrected chi connectivity index (χ1v) is 10.3. The zero-order chi connectivity index (χ0) is 20.2. The number of ether oxygens (including phenoxy) is 2. The maximum Gasteiger partial charge on any atom is 0.243 e. The third kappa shape index (κ3) is 5.97. The van der Waals surface area contributed by atoms with Crippen LogP contribution in [0, 0.1) is 5.92 Å². The number of carbonyl (C=O) groups excluding carboxylic acids is 1. The molecule has 160 valence electrons. The van der Waals surface area contributed by atoms with Gasteiger partial charge in [-0.25, -0.2) is 8.42 Å². The lowest BCUT2D eigenvalue weighted by Crippen LogP contribution is -2.48. The SMILES string of the molecule is COc1ccc(S(=O)(=O)N2CCC(C(=O)NCC(C)(C)N)CC2)cc1OC.Cl. The minimum Gasteiger partial charge on any atom is -0.493 e. The van der Waals surface area contributed by atoms with Gasteiger partial charge in [0, 0.05) is 37.2 Å². The maximum atomic E-state index is 12.9. The molecule has 1 fully saturated rings. The molecule has 1 aliphatic heterocycles. The number of amides is 1. The topological polar surface area (TPSA) is 111 Å². The molecule has 1 heterocycles. The molecule has 3 N–H and O–H groups in total. The van der Waals surface area contributed by atoms with Gasteiger partial charge in [0.1, 0.15) is 0 Å². The van der Waals surface area contributed by atoms with Crippen LogP contribution in [0.2, 0.25) is 0 Å². The Kier molecular flexibility index (Phi) is 8.55. The first-order chi connectivity index (χ1) is 12.6. The third-order valence-corrected chi connectivity index (χ3v) is 6.43. The molecule has 8 nitrogen and oxygen atoms in total. The molecule has 2 rings (SSSR count). The lowest BCUT2D eigenvalue weighted by molar-refractivity contribution is -0.126. The molecule has 1 aliphatic rings. The zero-order valence-electron chi connectivity index (χ0n) is 16.7. The van der Waals surface area contributed by atoms with Crippen molar-refractivity contribution < 1.29 is 22.7 Å². The van der Waals surface area contributed by atoms with Gasteiger partial charge < -0.3 is 20.5 Å². The van der Waals surface area contributed by atoms with Gasteiger partial charge in [-0.15, -0.1) is 12.4 Å². The normalized spacial score (nSPS) is 16.2. The van der Waals surface area contributed by atoms with E-state index < -0.39 is 15.6 Å². The Balaban J connectivity index is 0.00000392. The number of methoxy groups -OCH3 is 2. The summed E-state index contributed by atoms with van der Waals surface area (Å²) in [7, 11) is -0.705. The van der Waals surface area contributed by atoms with E-state index in [4.69, 9.17) is 15.2 Å². The van der Waals surface area contributed by atoms with Crippen LogP contribution < -0.4 is 20.5 Å². The quantitative estimate of drug-likeness (QED) is 0.669. The van der Waals surface area contributed by atoms with Crippen molar-refractivity contribution >= 4 is 28.3 Å². The number of rotatable bonds is 7. The Morgan fingerprint density at radius 2 is 1.79 bits per heavy atom. The number of carbonyl (C=O) groups is 1. The highest BCUT2D eigenvalue weighted by Gasteiger charge is 2.32. The molecule has 1 aromatic carbocycles. The van der Waals surface area contributed by atoms with Crippen molar-refractivity contribution in [2.24, 2.45) is 11.7 Å². The van der Waals surface area contributed by atoms with Gasteiger partial charge in [-0.1, -0.05) is 0 Å². The van der Waals surface area contributed by atoms with E-state index in [1.165, 1.54) is 30.7 Å². The molecule has 1 amide bonds. The van der Waals surface area contributed by atoms with Gasteiger partial charge in [0.25, 0.3) is 0 Å². The van der Waals surface area contributed by atoms with Crippen molar-refractivity contribution in [1.82, 2.24) is 9.62 Å². The maximum absolute atomic E-state index is 12.9. The standard InChI is InChI=1S/C18H29N3O5S.ClH/c1-18(2,19)12-20-17(22)13-7-9-21(10-8-13)27(23,24)14-5-6-15(25-3)16(11-14)26-4;/h5-6,11,13H,7-10,12,19H2,1-4H3,(H,20,22);1H. The average molecular weight is 436 g/mol. The van der Waals surface area contributed by atoms with Crippen LogP contribution in [0.15, 0.2) is 23.1 Å². The minimum absolute atomic E-state index is 0. The molecule has 10 heteroatoms. The molecule has 0 aromatic heterocycles. The second-order valence-corrected chi connectivity index (χ2v) is 9.34. The van der Waals surface area contributed by atoms with E-state index in [0.717, 1.165) is 0 Å². The van der Waals surface area contributed by atoms with Crippen LogP contribution in [0.1, 0.15) is 26.7 Å². The molecule has 0 atom stereocenters. The summed E-state index contributed by atoms with van der Waals surface area (Å²) in [5, 5.41) is 2.84. The van der Waals surface area contributed by atoms with Gasteiger partial charge in [0.2, 0.25) is 15.9 Å². The summed E-state index contributed by atoms with van der Waals surface area (Å²) in [5.74, 6) is 0.549. The van der Waals surface area contributed by atoms with E-state index in [-0.39, 0.29) is 29.1 Å². The highest BCUT2D eigenvalue weighted by Crippen LogP contribution is 2.32. The molecule has 0 aliphatic carbocycles. The van der Waals surface area contributed by atoms with E-state index in [1.807, 2.05) is 13.8 Å². The fourth-order valence-electron chi connectivity index (χ4n) is 2.94. The van der Waals surface area contributed by atoms with Crippen LogP contribution in [0.3, 0.4) is 0 Å². The number of hydrogen-bond donors (Lipinski definition) is 2. The van der Waals surface area contributed by atoms with Gasteiger partial charge >= 0.3 is 0 Å². The Hall–Kier alpha value is -1.55. The van der Waals surface area contributed by atoms with E-state index in [9.17, 15) is 13.2 Å². The van der Waals surface area contributed by atoms with Gasteiger partial charge in [0.15, 0.2) is 11.5 Å². The molecular formula is C18H30ClN3O5S. The van der Waals surface area contributed by atoms with Crippen LogP contribution in [0.25, 0.3) is 0 Å². The molecule has 1 aromatic rings. The highest BCUT2D eigenvalue weighted by atomic mass is 35.5. The van der Waals surface area contributed by atoms with Gasteiger partial charge in [-0.05, 0) is 38.8 Å². The second-order valence-electron chi connectivity index (χ2n) is 7.40. The predicted octanol–water partition coefficient (Wildman–Crippen LogP) is 1.38. The molecule has 0 spiro atoms. The van der Waals surface area contributed by atoms with E-state index in [0.29, 0.717) is 44.0 Å². The summed E-state index contributed by atoms with van der Waals surface area (Å²) in [5.41, 5.74) is 5.40. The first kappa shape index (κ1) is 24.5. The molecule has 0 bridgehead atoms. The highest BCUT2D eigenvalue weighted by molar-refractivity contribution is 7.89. The van der Waals surface area contributed by atoms with Gasteiger partial charge in [-0.3, -0.25) is 4.79 Å². The van der Waals surface area contributed by atoms with Crippen molar-refractivity contribution in [3.05, 3.63) is 18.2 Å². The summed E-state index contributed by atoms with van der Waals surface area (Å²) >= 11 is 0. The van der Waals surface area contributed by atoms with Gasteiger partial charge in [-0.2, -0.15) is 4.31 Å². The number of halogens is 1. The van der Waals surface area contributed by atoms with Gasteiger partial charge in [0.05, 0.1) is 19.1 Å². The second kappa shape index (κ2) is 9.78. The summed E-state index contributed by atoms with van der Waals surface area (Å²) < 4.78 is 37.6. The Morgan fingerprint density at radius 1 is 1.21 bits per heavy atom. The fourth-order valence-corrected chi connectivity index (χ4v) is 4.43. The van der Waals surface area contributed by atoms with Crippen LogP contribution in [-0.4, -0.2) is 58.0 Å². The summed E-state index contributed by atoms with van der Waals surface area (Å²) in [6.45, 7) is 4.65. The molecular weight excluding hydrogens is 406 g/mol. The van der Waals surface area contributed by atoms with E-state index in [1.54, 1.807) is 6.07 Å². The number of nitrogens with zero attached hydrogens (tertiary/aromatic N) is 1. The fraction of sp³-hybridized carbons (Fsp3) is 0.611. The van der Waals surface area contributed by atoms with Crippen LogP contribution in [0.5, 0.6) is 11.5 Å². The molecule has 0 unspecified atom stereocenters. The van der Waals surface area contributed by atoms with Crippen LogP contribution >= 0.6 is 12.4 Å². The van der Waals surface area contributed by atoms with Crippen molar-refractivity contribution in [2.75, 3.05) is 33.9 Å². The van der Waals surface area contributed by atoms with Crippen LogP contribution in [-0.2, 0) is 14.8 Å². The molecule has 0 saturated carbocycles. The Bertz CT molecular complexity index is 772. The Morgan fingerprint density at radius 3 is 2.29 bits per heavy atom. The number of hydrogen-bond acceptors (Lipinski definition) is 6. The molecule has 0 radical (unpaired) electrons. The Labute approximate surface area is 173 Å². The molecule has 28 heavy (non-hydrogen) atoms. The van der Waals surface area contributed by atoms with Crippen molar-refractivity contribution in [3.8, 4) is 11.5 Å². The third-order valence-electron chi connectivity index (χ3n) is 4.54. The lowest BCUT2D eigenvalue weighted by atomic mass is 9.96. The number of benzene rings is 1. The number of nitrogens with one attached hydrogen (secondary N) is 1. The average Bonchev–Trinajstić information content (AvgIpc) is 2.64. The monoisotopic (exact) mass is 435 g/mol. The largest absolute Gasteiger partial charge is 0.493 e. The number of sulfonamides is 1. The minimum atomic E-state index is -3.66. The van der Waals surface area contributed by atoms with Crippen molar-refractivity contribution in [2.45, 2.75) is 37.1 Å². The first-order valence-electron chi connectivity index (χ1n) is 8.87. The van der Waals surface area contributed by atoms with Crippen molar-refractivity contribution in [3.63, 3.8) is 0 Å². The molecule has 1 saturated heterocycles. The lowest BCUT2D eigenvalue weighted by Gasteiger charge is -2.31. The van der Waals surface area contributed by atoms with Crippen molar-refractivity contribution in [1.29, 1.82) is 0 Å². The predicted molar refractivity (Wildman–Crippen MR) is 110 cm³/mol. The summed E-state index contributed by atoms with van der Waals surface area (Å²) in [6.07, 6.45) is 0.951. The smallest absolute Gasteiger partial charge is 0.243 e. The number of nitrogens with two attached hydrogens (primary N) is 1. The summed E-state index contributed by atoms with van der Waals surface area (Å²) in [4.78, 5) is 12.4. The van der Waals surface area contributed by atoms with E-state index in [2.05, 4.69) is 5.32 Å². The summed E-state index contributed by atoms with van der Waals surface area (Å²) in [6, 6.07) is 4.52. The van der Waals surface area contributed by atoms with E-state index >= 15 is 0 Å². The number of piperidine rings is 1. The van der Waals surface area contributed by atoms with Crippen LogP contribution in [0.4, 0.5) is 0 Å². The zero-order valence-corrected chi connectivity index (χ0v) is 18.4.